The van der Waals surface area contributed by atoms with E-state index in [-0.39, 0.29) is 31.1 Å². The Bertz CT molecular complexity index is 1230. The maximum atomic E-state index is 12.9. The van der Waals surface area contributed by atoms with Gasteiger partial charge in [-0.25, -0.2) is 0 Å². The number of esters is 3. The second kappa shape index (κ2) is 56.7. The quantitative estimate of drug-likeness (QED) is 0.0262. The van der Waals surface area contributed by atoms with E-state index >= 15 is 0 Å². The minimum Gasteiger partial charge on any atom is -0.462 e. The maximum absolute atomic E-state index is 12.9. The van der Waals surface area contributed by atoms with E-state index in [1.807, 2.05) is 0 Å². The lowest BCUT2D eigenvalue weighted by Crippen LogP contribution is -2.30. The smallest absolute Gasteiger partial charge is 0.306 e. The van der Waals surface area contributed by atoms with Gasteiger partial charge in [-0.15, -0.1) is 0 Å². The molecular formula is C62H110O6. The molecule has 394 valence electrons. The highest BCUT2D eigenvalue weighted by Gasteiger charge is 2.19. The lowest BCUT2D eigenvalue weighted by atomic mass is 10.0. The first kappa shape index (κ1) is 65.1. The summed E-state index contributed by atoms with van der Waals surface area (Å²) in [6.07, 6.45) is 70.7. The van der Waals surface area contributed by atoms with Gasteiger partial charge in [0.1, 0.15) is 13.2 Å². The van der Waals surface area contributed by atoms with Gasteiger partial charge in [-0.2, -0.15) is 0 Å². The molecule has 0 aromatic heterocycles. The van der Waals surface area contributed by atoms with Gasteiger partial charge in [-0.1, -0.05) is 274 Å². The molecule has 0 bridgehead atoms. The Morgan fingerprint density at radius 2 is 0.574 bits per heavy atom. The zero-order valence-electron chi connectivity index (χ0n) is 45.1. The van der Waals surface area contributed by atoms with Crippen molar-refractivity contribution in [2.45, 2.75) is 303 Å². The summed E-state index contributed by atoms with van der Waals surface area (Å²) in [6.45, 7) is 6.54. The molecule has 1 atom stereocenters. The Morgan fingerprint density at radius 3 is 0.897 bits per heavy atom. The van der Waals surface area contributed by atoms with Crippen LogP contribution in [0.3, 0.4) is 0 Å². The summed E-state index contributed by atoms with van der Waals surface area (Å²) in [4.78, 5) is 38.2. The highest BCUT2D eigenvalue weighted by Crippen LogP contribution is 2.17. The zero-order chi connectivity index (χ0) is 49.3. The number of hydrogen-bond donors (Lipinski definition) is 0. The summed E-state index contributed by atoms with van der Waals surface area (Å²) in [5, 5.41) is 0. The van der Waals surface area contributed by atoms with Crippen molar-refractivity contribution in [3.8, 4) is 0 Å². The average Bonchev–Trinajstić information content (AvgIpc) is 3.34. The average molecular weight is 952 g/mol. The van der Waals surface area contributed by atoms with Crippen LogP contribution in [0.4, 0.5) is 0 Å². The molecule has 68 heavy (non-hydrogen) atoms. The van der Waals surface area contributed by atoms with E-state index in [0.29, 0.717) is 19.3 Å². The topological polar surface area (TPSA) is 78.9 Å². The summed E-state index contributed by atoms with van der Waals surface area (Å²) in [5.74, 6) is -0.898. The Labute approximate surface area is 421 Å². The lowest BCUT2D eigenvalue weighted by molar-refractivity contribution is -0.167. The van der Waals surface area contributed by atoms with Crippen LogP contribution in [0.15, 0.2) is 60.8 Å². The first-order valence-electron chi connectivity index (χ1n) is 29.3. The van der Waals surface area contributed by atoms with Crippen LogP contribution >= 0.6 is 0 Å². The minimum atomic E-state index is -0.784. The van der Waals surface area contributed by atoms with E-state index in [1.165, 1.54) is 161 Å². The molecule has 0 heterocycles. The molecule has 0 N–H and O–H groups in total. The van der Waals surface area contributed by atoms with Crippen molar-refractivity contribution < 1.29 is 28.6 Å². The van der Waals surface area contributed by atoms with Crippen molar-refractivity contribution in [1.82, 2.24) is 0 Å². The van der Waals surface area contributed by atoms with Crippen LogP contribution in [0, 0.1) is 0 Å². The maximum Gasteiger partial charge on any atom is 0.306 e. The van der Waals surface area contributed by atoms with Gasteiger partial charge in [0, 0.05) is 19.3 Å². The number of allylic oxidation sites excluding steroid dienone is 10. The first-order chi connectivity index (χ1) is 33.5. The predicted molar refractivity (Wildman–Crippen MR) is 293 cm³/mol. The summed E-state index contributed by atoms with van der Waals surface area (Å²) in [5.41, 5.74) is 0. The predicted octanol–water partition coefficient (Wildman–Crippen LogP) is 19.6. The van der Waals surface area contributed by atoms with Crippen LogP contribution < -0.4 is 0 Å². The van der Waals surface area contributed by atoms with Gasteiger partial charge in [-0.3, -0.25) is 14.4 Å². The number of carbonyl (C=O) groups is 3. The molecule has 6 heteroatoms. The second-order valence-corrected chi connectivity index (χ2v) is 19.5. The first-order valence-corrected chi connectivity index (χ1v) is 29.3. The number of carbonyl (C=O) groups excluding carboxylic acids is 3. The Hall–Kier alpha value is -2.89. The Kier molecular flexibility index (Phi) is 54.3. The van der Waals surface area contributed by atoms with E-state index in [0.717, 1.165) is 96.3 Å². The fourth-order valence-electron chi connectivity index (χ4n) is 8.41. The lowest BCUT2D eigenvalue weighted by Gasteiger charge is -2.18. The van der Waals surface area contributed by atoms with Crippen molar-refractivity contribution in [3.05, 3.63) is 60.8 Å². The van der Waals surface area contributed by atoms with Crippen LogP contribution in [-0.2, 0) is 28.6 Å². The molecule has 0 saturated carbocycles. The van der Waals surface area contributed by atoms with Crippen molar-refractivity contribution in [3.63, 3.8) is 0 Å². The fraction of sp³-hybridized carbons (Fsp3) is 0.790. The van der Waals surface area contributed by atoms with Gasteiger partial charge in [-0.05, 0) is 64.2 Å². The summed E-state index contributed by atoms with van der Waals surface area (Å²) >= 11 is 0. The molecule has 0 aliphatic heterocycles. The molecule has 0 saturated heterocycles. The molecule has 0 spiro atoms. The van der Waals surface area contributed by atoms with Crippen molar-refractivity contribution in [2.75, 3.05) is 13.2 Å². The van der Waals surface area contributed by atoms with Gasteiger partial charge in [0.15, 0.2) is 6.10 Å². The fourth-order valence-corrected chi connectivity index (χ4v) is 8.41. The van der Waals surface area contributed by atoms with Crippen LogP contribution in [0.2, 0.25) is 0 Å². The monoisotopic (exact) mass is 951 g/mol. The molecule has 6 nitrogen and oxygen atoms in total. The molecule has 1 unspecified atom stereocenters. The Morgan fingerprint density at radius 1 is 0.309 bits per heavy atom. The molecule has 0 amide bonds. The highest BCUT2D eigenvalue weighted by molar-refractivity contribution is 5.71. The van der Waals surface area contributed by atoms with Crippen LogP contribution in [0.5, 0.6) is 0 Å². The number of unbranched alkanes of at least 4 members (excludes halogenated alkanes) is 32. The third-order valence-corrected chi connectivity index (χ3v) is 12.8. The number of hydrogen-bond acceptors (Lipinski definition) is 6. The molecule has 0 rings (SSSR count). The molecule has 0 aliphatic carbocycles. The molecule has 0 aromatic carbocycles. The van der Waals surface area contributed by atoms with Crippen LogP contribution in [-0.4, -0.2) is 37.2 Å². The van der Waals surface area contributed by atoms with Crippen LogP contribution in [0.1, 0.15) is 297 Å². The summed E-state index contributed by atoms with van der Waals surface area (Å²) < 4.78 is 16.9. The van der Waals surface area contributed by atoms with Gasteiger partial charge in [0.2, 0.25) is 0 Å². The van der Waals surface area contributed by atoms with E-state index in [4.69, 9.17) is 14.2 Å². The largest absolute Gasteiger partial charge is 0.462 e. The number of ether oxygens (including phenoxy) is 3. The van der Waals surface area contributed by atoms with E-state index in [9.17, 15) is 14.4 Å². The van der Waals surface area contributed by atoms with E-state index in [1.54, 1.807) is 0 Å². The van der Waals surface area contributed by atoms with Crippen molar-refractivity contribution in [2.24, 2.45) is 0 Å². The molecular weight excluding hydrogens is 841 g/mol. The van der Waals surface area contributed by atoms with Gasteiger partial charge >= 0.3 is 17.9 Å². The van der Waals surface area contributed by atoms with Crippen LogP contribution in [0.25, 0.3) is 0 Å². The van der Waals surface area contributed by atoms with Crippen molar-refractivity contribution >= 4 is 17.9 Å². The van der Waals surface area contributed by atoms with Gasteiger partial charge in [0.05, 0.1) is 0 Å². The SMILES string of the molecule is CC/C=C\C/C=C\C/C=C\C/C=C\C/C=C\CCCCCC(=O)OCC(COC(=O)CCCCCCCCCCCCCCCC)OC(=O)CCCCCCCCCCCCCCCCCCC. The van der Waals surface area contributed by atoms with Gasteiger partial charge in [0.25, 0.3) is 0 Å². The second-order valence-electron chi connectivity index (χ2n) is 19.5. The highest BCUT2D eigenvalue weighted by atomic mass is 16.6. The number of rotatable bonds is 53. The third-order valence-electron chi connectivity index (χ3n) is 12.8. The van der Waals surface area contributed by atoms with E-state index < -0.39 is 6.10 Å². The third kappa shape index (κ3) is 54.1. The molecule has 0 aliphatic rings. The normalized spacial score (nSPS) is 12.5. The van der Waals surface area contributed by atoms with Crippen molar-refractivity contribution in [1.29, 1.82) is 0 Å². The summed E-state index contributed by atoms with van der Waals surface area (Å²) in [7, 11) is 0. The van der Waals surface area contributed by atoms with Gasteiger partial charge < -0.3 is 14.2 Å². The molecule has 0 aromatic rings. The minimum absolute atomic E-state index is 0.0806. The standard InChI is InChI=1S/C62H110O6/c1-4-7-10-13-16-19-22-25-28-30-31-33-34-37-40-43-46-49-52-55-61(64)67-58-59(57-66-60(63)54-51-48-45-42-39-36-27-24-21-18-15-12-9-6-3)68-62(65)56-53-50-47-44-41-38-35-32-29-26-23-20-17-14-11-8-5-2/h7,10,16,19,25,28,31,33,37,40,59H,4-6,8-9,11-15,17-18,20-24,26-27,29-30,32,34-36,38-39,41-58H2,1-3H3/b10-7-,19-16-,28-25-,33-31-,40-37-. The van der Waals surface area contributed by atoms with E-state index in [2.05, 4.69) is 81.5 Å². The zero-order valence-corrected chi connectivity index (χ0v) is 45.1. The summed E-state index contributed by atoms with van der Waals surface area (Å²) in [6, 6.07) is 0. The molecule has 0 fully saturated rings. The Balaban J connectivity index is 4.40. The molecule has 0 radical (unpaired) electrons.